The van der Waals surface area contributed by atoms with Crippen molar-refractivity contribution in [3.05, 3.63) is 22.4 Å². The van der Waals surface area contributed by atoms with Crippen LogP contribution in [0.5, 0.6) is 0 Å². The van der Waals surface area contributed by atoms with Gasteiger partial charge in [-0.05, 0) is 31.2 Å². The average Bonchev–Trinajstić information content (AvgIpc) is 2.81. The molecule has 0 N–H and O–H groups in total. The maximum absolute atomic E-state index is 11.0. The molecule has 17 heavy (non-hydrogen) atoms. The Bertz CT molecular complexity index is 296. The third-order valence-corrected chi connectivity index (χ3v) is 3.15. The van der Waals surface area contributed by atoms with E-state index in [0.717, 1.165) is 25.9 Å². The fraction of sp³-hybridized carbons (Fsp3) is 0.615. The first-order chi connectivity index (χ1) is 8.33. The SMILES string of the molecule is CCOC(=O)CCCCCOCc1cccs1. The van der Waals surface area contributed by atoms with Gasteiger partial charge in [0.1, 0.15) is 0 Å². The van der Waals surface area contributed by atoms with Crippen LogP contribution in [0.4, 0.5) is 0 Å². The Labute approximate surface area is 107 Å². The number of carbonyl (C=O) groups excluding carboxylic acids is 1. The Kier molecular flexibility index (Phi) is 7.67. The molecule has 1 rings (SSSR count). The van der Waals surface area contributed by atoms with Gasteiger partial charge in [0, 0.05) is 17.9 Å². The van der Waals surface area contributed by atoms with E-state index in [1.807, 2.05) is 13.0 Å². The van der Waals surface area contributed by atoms with E-state index in [9.17, 15) is 4.79 Å². The number of ether oxygens (including phenoxy) is 2. The average molecular weight is 256 g/mol. The Balaban J connectivity index is 1.86. The monoisotopic (exact) mass is 256 g/mol. The summed E-state index contributed by atoms with van der Waals surface area (Å²) in [5.74, 6) is -0.0907. The van der Waals surface area contributed by atoms with Gasteiger partial charge in [-0.3, -0.25) is 4.79 Å². The molecule has 1 aromatic rings. The summed E-state index contributed by atoms with van der Waals surface area (Å²) in [6.45, 7) is 3.77. The Morgan fingerprint density at radius 3 is 2.94 bits per heavy atom. The Morgan fingerprint density at radius 2 is 2.24 bits per heavy atom. The molecule has 96 valence electrons. The first kappa shape index (κ1) is 14.2. The van der Waals surface area contributed by atoms with E-state index in [1.54, 1.807) is 11.3 Å². The largest absolute Gasteiger partial charge is 0.466 e. The van der Waals surface area contributed by atoms with Gasteiger partial charge in [0.2, 0.25) is 0 Å². The molecule has 0 aromatic carbocycles. The number of unbranched alkanes of at least 4 members (excludes halogenated alkanes) is 2. The molecule has 0 aliphatic rings. The van der Waals surface area contributed by atoms with E-state index in [1.165, 1.54) is 4.88 Å². The number of rotatable bonds is 9. The van der Waals surface area contributed by atoms with Crippen molar-refractivity contribution < 1.29 is 14.3 Å². The molecule has 0 unspecified atom stereocenters. The summed E-state index contributed by atoms with van der Waals surface area (Å²) in [7, 11) is 0. The summed E-state index contributed by atoms with van der Waals surface area (Å²) >= 11 is 1.71. The van der Waals surface area contributed by atoms with Crippen molar-refractivity contribution in [3.63, 3.8) is 0 Å². The highest BCUT2D eigenvalue weighted by molar-refractivity contribution is 7.09. The van der Waals surface area contributed by atoms with Crippen molar-refractivity contribution in [2.75, 3.05) is 13.2 Å². The summed E-state index contributed by atoms with van der Waals surface area (Å²) < 4.78 is 10.4. The lowest BCUT2D eigenvalue weighted by Crippen LogP contribution is -2.03. The predicted molar refractivity (Wildman–Crippen MR) is 69.1 cm³/mol. The van der Waals surface area contributed by atoms with Crippen LogP contribution in [0.25, 0.3) is 0 Å². The summed E-state index contributed by atoms with van der Waals surface area (Å²) in [5.41, 5.74) is 0. The van der Waals surface area contributed by atoms with Gasteiger partial charge in [-0.1, -0.05) is 12.5 Å². The molecule has 1 aromatic heterocycles. The zero-order valence-electron chi connectivity index (χ0n) is 10.3. The smallest absolute Gasteiger partial charge is 0.305 e. The molecule has 1 heterocycles. The maximum atomic E-state index is 11.0. The van der Waals surface area contributed by atoms with Crippen LogP contribution in [-0.2, 0) is 20.9 Å². The number of hydrogen-bond acceptors (Lipinski definition) is 4. The fourth-order valence-electron chi connectivity index (χ4n) is 1.45. The molecule has 0 fully saturated rings. The van der Waals surface area contributed by atoms with Gasteiger partial charge in [0.15, 0.2) is 0 Å². The summed E-state index contributed by atoms with van der Waals surface area (Å²) in [6.07, 6.45) is 3.44. The molecular formula is C13H20O3S. The van der Waals surface area contributed by atoms with Crippen LogP contribution >= 0.6 is 11.3 Å². The zero-order valence-corrected chi connectivity index (χ0v) is 11.1. The highest BCUT2D eigenvalue weighted by Crippen LogP contribution is 2.10. The van der Waals surface area contributed by atoms with Crippen LogP contribution in [0.15, 0.2) is 17.5 Å². The van der Waals surface area contributed by atoms with Gasteiger partial charge in [0.25, 0.3) is 0 Å². The van der Waals surface area contributed by atoms with Gasteiger partial charge < -0.3 is 9.47 Å². The number of carbonyl (C=O) groups is 1. The van der Waals surface area contributed by atoms with E-state index in [-0.39, 0.29) is 5.97 Å². The van der Waals surface area contributed by atoms with Crippen LogP contribution in [0.3, 0.4) is 0 Å². The zero-order chi connectivity index (χ0) is 12.3. The van der Waals surface area contributed by atoms with E-state index < -0.39 is 0 Å². The van der Waals surface area contributed by atoms with Crippen LogP contribution < -0.4 is 0 Å². The third kappa shape index (κ3) is 7.13. The molecule has 0 aliphatic heterocycles. The molecule has 0 atom stereocenters. The van der Waals surface area contributed by atoms with Crippen LogP contribution in [0.2, 0.25) is 0 Å². The summed E-state index contributed by atoms with van der Waals surface area (Å²) in [5, 5.41) is 2.05. The van der Waals surface area contributed by atoms with E-state index in [0.29, 0.717) is 19.6 Å². The molecule has 0 saturated heterocycles. The highest BCUT2D eigenvalue weighted by Gasteiger charge is 2.00. The van der Waals surface area contributed by atoms with Gasteiger partial charge >= 0.3 is 5.97 Å². The lowest BCUT2D eigenvalue weighted by atomic mass is 10.2. The summed E-state index contributed by atoms with van der Waals surface area (Å²) in [6, 6.07) is 4.11. The second-order valence-electron chi connectivity index (χ2n) is 3.75. The molecule has 0 aliphatic carbocycles. The standard InChI is InChI=1S/C13H20O3S/c1-2-16-13(14)8-4-3-5-9-15-11-12-7-6-10-17-12/h6-7,10H,2-5,8-9,11H2,1H3. The second-order valence-corrected chi connectivity index (χ2v) is 4.78. The summed E-state index contributed by atoms with van der Waals surface area (Å²) in [4.78, 5) is 12.3. The molecule has 0 bridgehead atoms. The quantitative estimate of drug-likeness (QED) is 0.502. The number of esters is 1. The fourth-order valence-corrected chi connectivity index (χ4v) is 2.09. The third-order valence-electron chi connectivity index (χ3n) is 2.30. The molecule has 3 nitrogen and oxygen atoms in total. The first-order valence-electron chi connectivity index (χ1n) is 6.08. The van der Waals surface area contributed by atoms with E-state index in [4.69, 9.17) is 9.47 Å². The minimum atomic E-state index is -0.0907. The van der Waals surface area contributed by atoms with Gasteiger partial charge in [0.05, 0.1) is 13.2 Å². The van der Waals surface area contributed by atoms with Crippen molar-refractivity contribution in [1.82, 2.24) is 0 Å². The van der Waals surface area contributed by atoms with Crippen molar-refractivity contribution in [3.8, 4) is 0 Å². The number of thiophene rings is 1. The first-order valence-corrected chi connectivity index (χ1v) is 6.96. The van der Waals surface area contributed by atoms with Crippen molar-refractivity contribution in [1.29, 1.82) is 0 Å². The molecule has 0 saturated carbocycles. The van der Waals surface area contributed by atoms with Crippen molar-refractivity contribution in [2.45, 2.75) is 39.2 Å². The van der Waals surface area contributed by atoms with E-state index in [2.05, 4.69) is 11.4 Å². The van der Waals surface area contributed by atoms with Crippen LogP contribution in [0.1, 0.15) is 37.5 Å². The lowest BCUT2D eigenvalue weighted by Gasteiger charge is -2.03. The van der Waals surface area contributed by atoms with E-state index >= 15 is 0 Å². The lowest BCUT2D eigenvalue weighted by molar-refractivity contribution is -0.143. The van der Waals surface area contributed by atoms with Crippen LogP contribution in [-0.4, -0.2) is 19.2 Å². The van der Waals surface area contributed by atoms with Gasteiger partial charge in [-0.15, -0.1) is 11.3 Å². The minimum absolute atomic E-state index is 0.0907. The van der Waals surface area contributed by atoms with Crippen molar-refractivity contribution >= 4 is 17.3 Å². The minimum Gasteiger partial charge on any atom is -0.466 e. The predicted octanol–water partition coefficient (Wildman–Crippen LogP) is 3.39. The highest BCUT2D eigenvalue weighted by atomic mass is 32.1. The Hall–Kier alpha value is -0.870. The maximum Gasteiger partial charge on any atom is 0.305 e. The van der Waals surface area contributed by atoms with Crippen molar-refractivity contribution in [2.24, 2.45) is 0 Å². The normalized spacial score (nSPS) is 10.4. The second kappa shape index (κ2) is 9.19. The van der Waals surface area contributed by atoms with Crippen LogP contribution in [0, 0.1) is 0 Å². The number of hydrogen-bond donors (Lipinski definition) is 0. The van der Waals surface area contributed by atoms with Gasteiger partial charge in [-0.2, -0.15) is 0 Å². The molecule has 0 amide bonds. The topological polar surface area (TPSA) is 35.5 Å². The molecule has 0 radical (unpaired) electrons. The Morgan fingerprint density at radius 1 is 1.35 bits per heavy atom. The molecular weight excluding hydrogens is 236 g/mol. The molecule has 0 spiro atoms. The van der Waals surface area contributed by atoms with Gasteiger partial charge in [-0.25, -0.2) is 0 Å². The molecule has 4 heteroatoms.